The zero-order valence-electron chi connectivity index (χ0n) is 10.9. The Morgan fingerprint density at radius 3 is 2.95 bits per heavy atom. The molecule has 0 fully saturated rings. The standard InChI is InChI=1S/C13H16N4O2/c1-8-3-10(15-5-9-6-16-17-7-9)4-11(12(8)14)13(18)19-2/h3-4,6-7,15H,5,14H2,1-2H3,(H,16,17). The van der Waals surface area contributed by atoms with E-state index in [0.717, 1.165) is 16.8 Å². The minimum atomic E-state index is -0.437. The van der Waals surface area contributed by atoms with Crippen LogP contribution in [0.3, 0.4) is 0 Å². The van der Waals surface area contributed by atoms with Crippen LogP contribution in [0.25, 0.3) is 0 Å². The molecule has 4 N–H and O–H groups in total. The van der Waals surface area contributed by atoms with E-state index < -0.39 is 5.97 Å². The molecule has 19 heavy (non-hydrogen) atoms. The number of H-pyrrole nitrogens is 1. The summed E-state index contributed by atoms with van der Waals surface area (Å²) in [5.74, 6) is -0.437. The molecule has 1 aromatic carbocycles. The predicted octanol–water partition coefficient (Wildman–Crippen LogP) is 1.70. The van der Waals surface area contributed by atoms with E-state index in [1.165, 1.54) is 7.11 Å². The Hall–Kier alpha value is -2.50. The maximum atomic E-state index is 11.6. The van der Waals surface area contributed by atoms with Gasteiger partial charge in [-0.25, -0.2) is 4.79 Å². The van der Waals surface area contributed by atoms with Crippen molar-refractivity contribution in [3.63, 3.8) is 0 Å². The SMILES string of the molecule is COC(=O)c1cc(NCc2cn[nH]c2)cc(C)c1N. The van der Waals surface area contributed by atoms with Gasteiger partial charge in [-0.2, -0.15) is 5.10 Å². The summed E-state index contributed by atoms with van der Waals surface area (Å²) in [6.45, 7) is 2.46. The number of carbonyl (C=O) groups excluding carboxylic acids is 1. The van der Waals surface area contributed by atoms with Gasteiger partial charge in [-0.3, -0.25) is 5.10 Å². The number of nitrogens with one attached hydrogen (secondary N) is 2. The smallest absolute Gasteiger partial charge is 0.340 e. The number of aromatic amines is 1. The van der Waals surface area contributed by atoms with Crippen LogP contribution in [0, 0.1) is 6.92 Å². The molecular weight excluding hydrogens is 244 g/mol. The highest BCUT2D eigenvalue weighted by atomic mass is 16.5. The number of aryl methyl sites for hydroxylation is 1. The average Bonchev–Trinajstić information content (AvgIpc) is 2.92. The fraction of sp³-hybridized carbons (Fsp3) is 0.231. The number of rotatable bonds is 4. The van der Waals surface area contributed by atoms with Crippen LogP contribution in [0.15, 0.2) is 24.5 Å². The first kappa shape index (κ1) is 12.9. The zero-order valence-corrected chi connectivity index (χ0v) is 10.9. The number of esters is 1. The third-order valence-electron chi connectivity index (χ3n) is 2.84. The number of nitrogens with zero attached hydrogens (tertiary/aromatic N) is 1. The average molecular weight is 260 g/mol. The second-order valence-electron chi connectivity index (χ2n) is 4.21. The predicted molar refractivity (Wildman–Crippen MR) is 72.8 cm³/mol. The number of ether oxygens (including phenoxy) is 1. The van der Waals surface area contributed by atoms with Crippen molar-refractivity contribution >= 4 is 17.3 Å². The van der Waals surface area contributed by atoms with Gasteiger partial charge >= 0.3 is 5.97 Å². The molecule has 0 bridgehead atoms. The number of nitrogens with two attached hydrogens (primary N) is 1. The highest BCUT2D eigenvalue weighted by Gasteiger charge is 2.13. The van der Waals surface area contributed by atoms with Crippen LogP contribution in [-0.4, -0.2) is 23.3 Å². The Kier molecular flexibility index (Phi) is 3.70. The first-order chi connectivity index (χ1) is 9.11. The van der Waals surface area contributed by atoms with Gasteiger partial charge in [-0.05, 0) is 24.6 Å². The van der Waals surface area contributed by atoms with Gasteiger partial charge in [0.05, 0.1) is 18.9 Å². The van der Waals surface area contributed by atoms with Gasteiger partial charge in [0, 0.05) is 29.7 Å². The van der Waals surface area contributed by atoms with Crippen LogP contribution in [0.2, 0.25) is 0 Å². The molecule has 0 spiro atoms. The highest BCUT2D eigenvalue weighted by Crippen LogP contribution is 2.23. The Balaban J connectivity index is 2.21. The summed E-state index contributed by atoms with van der Waals surface area (Å²) in [7, 11) is 1.34. The molecule has 0 amide bonds. The molecule has 0 atom stereocenters. The molecular formula is C13H16N4O2. The summed E-state index contributed by atoms with van der Waals surface area (Å²) in [5, 5.41) is 9.82. The second kappa shape index (κ2) is 5.43. The van der Waals surface area contributed by atoms with E-state index >= 15 is 0 Å². The monoisotopic (exact) mass is 260 g/mol. The minimum Gasteiger partial charge on any atom is -0.465 e. The molecule has 0 aliphatic carbocycles. The van der Waals surface area contributed by atoms with E-state index in [-0.39, 0.29) is 0 Å². The van der Waals surface area contributed by atoms with Crippen molar-refractivity contribution in [2.45, 2.75) is 13.5 Å². The van der Waals surface area contributed by atoms with Crippen molar-refractivity contribution in [1.29, 1.82) is 0 Å². The molecule has 2 aromatic rings. The van der Waals surface area contributed by atoms with Crippen molar-refractivity contribution in [2.24, 2.45) is 0 Å². The van der Waals surface area contributed by atoms with Gasteiger partial charge in [0.15, 0.2) is 0 Å². The van der Waals surface area contributed by atoms with E-state index in [4.69, 9.17) is 10.5 Å². The maximum Gasteiger partial charge on any atom is 0.340 e. The summed E-state index contributed by atoms with van der Waals surface area (Å²) in [4.78, 5) is 11.6. The zero-order chi connectivity index (χ0) is 13.8. The van der Waals surface area contributed by atoms with E-state index in [9.17, 15) is 4.79 Å². The number of hydrogen-bond donors (Lipinski definition) is 3. The maximum absolute atomic E-state index is 11.6. The molecule has 0 radical (unpaired) electrons. The van der Waals surface area contributed by atoms with Crippen molar-refractivity contribution in [1.82, 2.24) is 10.2 Å². The Morgan fingerprint density at radius 1 is 1.53 bits per heavy atom. The van der Waals surface area contributed by atoms with E-state index in [0.29, 0.717) is 17.8 Å². The summed E-state index contributed by atoms with van der Waals surface area (Å²) in [5.41, 5.74) is 9.36. The molecule has 0 aliphatic heterocycles. The summed E-state index contributed by atoms with van der Waals surface area (Å²) >= 11 is 0. The number of hydrogen-bond acceptors (Lipinski definition) is 5. The van der Waals surface area contributed by atoms with Gasteiger partial charge < -0.3 is 15.8 Å². The molecule has 1 aromatic heterocycles. The fourth-order valence-electron chi connectivity index (χ4n) is 1.76. The van der Waals surface area contributed by atoms with Gasteiger partial charge in [0.25, 0.3) is 0 Å². The van der Waals surface area contributed by atoms with Crippen LogP contribution in [0.1, 0.15) is 21.5 Å². The van der Waals surface area contributed by atoms with Gasteiger partial charge in [0.1, 0.15) is 0 Å². The van der Waals surface area contributed by atoms with Gasteiger partial charge in [-0.15, -0.1) is 0 Å². The summed E-state index contributed by atoms with van der Waals surface area (Å²) in [6, 6.07) is 3.58. The Morgan fingerprint density at radius 2 is 2.32 bits per heavy atom. The van der Waals surface area contributed by atoms with Crippen LogP contribution in [0.4, 0.5) is 11.4 Å². The van der Waals surface area contributed by atoms with Crippen LogP contribution < -0.4 is 11.1 Å². The normalized spacial score (nSPS) is 10.2. The van der Waals surface area contributed by atoms with Crippen molar-refractivity contribution in [3.8, 4) is 0 Å². The van der Waals surface area contributed by atoms with E-state index in [2.05, 4.69) is 15.5 Å². The number of carbonyl (C=O) groups is 1. The Bertz CT molecular complexity index is 579. The Labute approximate surface area is 111 Å². The number of benzene rings is 1. The summed E-state index contributed by atoms with van der Waals surface area (Å²) in [6.07, 6.45) is 3.54. The summed E-state index contributed by atoms with van der Waals surface area (Å²) < 4.78 is 4.72. The van der Waals surface area contributed by atoms with Crippen LogP contribution in [0.5, 0.6) is 0 Å². The molecule has 6 nitrogen and oxygen atoms in total. The lowest BCUT2D eigenvalue weighted by Crippen LogP contribution is -2.09. The van der Waals surface area contributed by atoms with Crippen LogP contribution >= 0.6 is 0 Å². The molecule has 0 saturated heterocycles. The number of methoxy groups -OCH3 is 1. The third-order valence-corrected chi connectivity index (χ3v) is 2.84. The number of nitrogen functional groups attached to an aromatic ring is 1. The van der Waals surface area contributed by atoms with Gasteiger partial charge in [0.2, 0.25) is 0 Å². The lowest BCUT2D eigenvalue weighted by molar-refractivity contribution is 0.0602. The first-order valence-electron chi connectivity index (χ1n) is 5.81. The molecule has 1 heterocycles. The fourth-order valence-corrected chi connectivity index (χ4v) is 1.76. The molecule has 0 saturated carbocycles. The largest absolute Gasteiger partial charge is 0.465 e. The number of anilines is 2. The third kappa shape index (κ3) is 2.85. The molecule has 6 heteroatoms. The molecule has 0 unspecified atom stereocenters. The molecule has 0 aliphatic rings. The topological polar surface area (TPSA) is 93.0 Å². The van der Waals surface area contributed by atoms with Crippen molar-refractivity contribution in [2.75, 3.05) is 18.2 Å². The highest BCUT2D eigenvalue weighted by molar-refractivity contribution is 5.97. The first-order valence-corrected chi connectivity index (χ1v) is 5.81. The van der Waals surface area contributed by atoms with Crippen molar-refractivity contribution in [3.05, 3.63) is 41.2 Å². The molecule has 2 rings (SSSR count). The minimum absolute atomic E-state index is 0.372. The lowest BCUT2D eigenvalue weighted by atomic mass is 10.1. The quantitative estimate of drug-likeness (QED) is 0.574. The molecule has 100 valence electrons. The van der Waals surface area contributed by atoms with E-state index in [1.807, 2.05) is 13.0 Å². The lowest BCUT2D eigenvalue weighted by Gasteiger charge is -2.11. The van der Waals surface area contributed by atoms with E-state index in [1.54, 1.807) is 18.5 Å². The van der Waals surface area contributed by atoms with Gasteiger partial charge in [-0.1, -0.05) is 0 Å². The van der Waals surface area contributed by atoms with Crippen LogP contribution in [-0.2, 0) is 11.3 Å². The second-order valence-corrected chi connectivity index (χ2v) is 4.21. The van der Waals surface area contributed by atoms with Crippen molar-refractivity contribution < 1.29 is 9.53 Å². The number of aromatic nitrogens is 2.